The molecular formula is C16H27N3O2. The Balaban J connectivity index is 2.04. The Morgan fingerprint density at radius 2 is 2.19 bits per heavy atom. The van der Waals surface area contributed by atoms with E-state index in [-0.39, 0.29) is 12.0 Å². The topological polar surface area (TPSA) is 47.4 Å². The molecule has 1 aliphatic rings. The van der Waals surface area contributed by atoms with E-state index in [1.54, 1.807) is 0 Å². The number of hydrogen-bond donors (Lipinski definition) is 0. The molecule has 5 heteroatoms. The first kappa shape index (κ1) is 16.0. The lowest BCUT2D eigenvalue weighted by Crippen LogP contribution is -2.44. The molecule has 1 aromatic rings. The van der Waals surface area contributed by atoms with Crippen molar-refractivity contribution in [3.63, 3.8) is 0 Å². The molecule has 1 atom stereocenters. The fraction of sp³-hybridized carbons (Fsp3) is 0.750. The third-order valence-electron chi connectivity index (χ3n) is 4.43. The second-order valence-corrected chi connectivity index (χ2v) is 5.76. The highest BCUT2D eigenvalue weighted by Gasteiger charge is 2.29. The minimum atomic E-state index is -0.117. The van der Waals surface area contributed by atoms with Gasteiger partial charge in [0.05, 0.1) is 18.8 Å². The van der Waals surface area contributed by atoms with Gasteiger partial charge in [-0.15, -0.1) is 0 Å². The van der Waals surface area contributed by atoms with Crippen molar-refractivity contribution in [2.45, 2.75) is 64.6 Å². The first-order chi connectivity index (χ1) is 10.2. The molecule has 0 N–H and O–H groups in total. The minimum Gasteiger partial charge on any atom is -0.468 e. The molecule has 21 heavy (non-hydrogen) atoms. The number of piperidine rings is 1. The van der Waals surface area contributed by atoms with E-state index < -0.39 is 0 Å². The van der Waals surface area contributed by atoms with Crippen LogP contribution in [0.2, 0.25) is 0 Å². The predicted molar refractivity (Wildman–Crippen MR) is 81.9 cm³/mol. The predicted octanol–water partition coefficient (Wildman–Crippen LogP) is 2.77. The molecule has 1 saturated heterocycles. The summed E-state index contributed by atoms with van der Waals surface area (Å²) < 4.78 is 6.99. The summed E-state index contributed by atoms with van der Waals surface area (Å²) >= 11 is 0. The summed E-state index contributed by atoms with van der Waals surface area (Å²) in [6.45, 7) is 6.05. The normalized spacial score (nSPS) is 19.9. The van der Waals surface area contributed by atoms with Crippen LogP contribution in [0.5, 0.6) is 0 Å². The maximum absolute atomic E-state index is 11.9. The van der Waals surface area contributed by atoms with Crippen LogP contribution in [-0.4, -0.2) is 40.3 Å². The number of esters is 1. The van der Waals surface area contributed by atoms with Crippen LogP contribution >= 0.6 is 0 Å². The molecule has 118 valence electrons. The van der Waals surface area contributed by atoms with E-state index in [1.165, 1.54) is 7.11 Å². The summed E-state index contributed by atoms with van der Waals surface area (Å²) in [4.78, 5) is 14.1. The largest absolute Gasteiger partial charge is 0.468 e. The highest BCUT2D eigenvalue weighted by atomic mass is 16.5. The Kier molecular flexibility index (Phi) is 5.79. The molecule has 0 unspecified atom stereocenters. The van der Waals surface area contributed by atoms with E-state index in [4.69, 9.17) is 4.74 Å². The minimum absolute atomic E-state index is 0.109. The maximum Gasteiger partial charge on any atom is 0.323 e. The molecule has 0 radical (unpaired) electrons. The number of carbonyl (C=O) groups excluding carboxylic acids is 1. The highest BCUT2D eigenvalue weighted by Crippen LogP contribution is 2.21. The van der Waals surface area contributed by atoms with E-state index in [0.717, 1.165) is 50.9 Å². The van der Waals surface area contributed by atoms with Crippen molar-refractivity contribution in [2.75, 3.05) is 13.7 Å². The number of ether oxygens (including phenoxy) is 1. The molecular weight excluding hydrogens is 266 g/mol. The van der Waals surface area contributed by atoms with Crippen molar-refractivity contribution in [2.24, 2.45) is 0 Å². The van der Waals surface area contributed by atoms with Gasteiger partial charge >= 0.3 is 5.97 Å². The quantitative estimate of drug-likeness (QED) is 0.757. The number of rotatable bonds is 6. The number of hydrogen-bond acceptors (Lipinski definition) is 4. The average molecular weight is 293 g/mol. The van der Waals surface area contributed by atoms with Crippen molar-refractivity contribution in [1.82, 2.24) is 14.7 Å². The molecule has 0 spiro atoms. The van der Waals surface area contributed by atoms with Gasteiger partial charge in [-0.05, 0) is 38.3 Å². The van der Waals surface area contributed by atoms with Gasteiger partial charge in [-0.2, -0.15) is 5.10 Å². The fourth-order valence-corrected chi connectivity index (χ4v) is 3.12. The van der Waals surface area contributed by atoms with E-state index in [9.17, 15) is 4.79 Å². The Hall–Kier alpha value is -1.36. The van der Waals surface area contributed by atoms with Gasteiger partial charge in [-0.1, -0.05) is 20.3 Å². The van der Waals surface area contributed by atoms with E-state index in [2.05, 4.69) is 40.8 Å². The van der Waals surface area contributed by atoms with Gasteiger partial charge in [-0.3, -0.25) is 14.4 Å². The van der Waals surface area contributed by atoms with Crippen molar-refractivity contribution in [3.8, 4) is 0 Å². The lowest BCUT2D eigenvalue weighted by molar-refractivity contribution is -0.148. The maximum atomic E-state index is 11.9. The highest BCUT2D eigenvalue weighted by molar-refractivity contribution is 5.75. The van der Waals surface area contributed by atoms with Crippen molar-refractivity contribution >= 4 is 5.97 Å². The van der Waals surface area contributed by atoms with Crippen LogP contribution in [0.1, 0.15) is 57.7 Å². The zero-order chi connectivity index (χ0) is 15.2. The summed E-state index contributed by atoms with van der Waals surface area (Å²) in [5.41, 5.74) is 1.04. The van der Waals surface area contributed by atoms with E-state index in [0.29, 0.717) is 6.04 Å². The molecule has 0 aliphatic carbocycles. The monoisotopic (exact) mass is 293 g/mol. The first-order valence-corrected chi connectivity index (χ1v) is 8.05. The molecule has 0 aromatic carbocycles. The Labute approximate surface area is 127 Å². The number of aromatic nitrogens is 2. The number of nitrogens with zero attached hydrogens (tertiary/aromatic N) is 3. The number of methoxy groups -OCH3 is 1. The molecule has 5 nitrogen and oxygen atoms in total. The summed E-state index contributed by atoms with van der Waals surface area (Å²) in [7, 11) is 1.47. The average Bonchev–Trinajstić information content (AvgIpc) is 2.97. The SMILES string of the molecule is CCC(CC)n1ccc(CN2CCCC[C@@H]2C(=O)OC)n1. The number of likely N-dealkylation sites (tertiary alicyclic amines) is 1. The van der Waals surface area contributed by atoms with Crippen LogP contribution in [0.15, 0.2) is 12.3 Å². The molecule has 2 heterocycles. The molecule has 1 fully saturated rings. The summed E-state index contributed by atoms with van der Waals surface area (Å²) in [6, 6.07) is 2.43. The smallest absolute Gasteiger partial charge is 0.323 e. The third-order valence-corrected chi connectivity index (χ3v) is 4.43. The van der Waals surface area contributed by atoms with Crippen LogP contribution in [0.25, 0.3) is 0 Å². The van der Waals surface area contributed by atoms with Gasteiger partial charge in [0.25, 0.3) is 0 Å². The van der Waals surface area contributed by atoms with Crippen molar-refractivity contribution in [3.05, 3.63) is 18.0 Å². The second-order valence-electron chi connectivity index (χ2n) is 5.76. The van der Waals surface area contributed by atoms with E-state index in [1.807, 2.05) is 0 Å². The van der Waals surface area contributed by atoms with Crippen LogP contribution in [0.4, 0.5) is 0 Å². The van der Waals surface area contributed by atoms with Crippen molar-refractivity contribution in [1.29, 1.82) is 0 Å². The van der Waals surface area contributed by atoms with Gasteiger partial charge in [-0.25, -0.2) is 0 Å². The Morgan fingerprint density at radius 3 is 2.86 bits per heavy atom. The number of carbonyl (C=O) groups is 1. The van der Waals surface area contributed by atoms with Crippen molar-refractivity contribution < 1.29 is 9.53 Å². The van der Waals surface area contributed by atoms with E-state index >= 15 is 0 Å². The second kappa shape index (κ2) is 7.59. The zero-order valence-electron chi connectivity index (χ0n) is 13.4. The summed E-state index contributed by atoms with van der Waals surface area (Å²) in [5.74, 6) is -0.117. The fourth-order valence-electron chi connectivity index (χ4n) is 3.12. The van der Waals surface area contributed by atoms with Crippen LogP contribution in [0, 0.1) is 0 Å². The van der Waals surface area contributed by atoms with Crippen LogP contribution in [0.3, 0.4) is 0 Å². The molecule has 1 aliphatic heterocycles. The first-order valence-electron chi connectivity index (χ1n) is 8.05. The standard InChI is InChI=1S/C16H27N3O2/c1-4-14(5-2)19-11-9-13(17-19)12-18-10-7-6-8-15(18)16(20)21-3/h9,11,14-15H,4-8,10,12H2,1-3H3/t15-/m1/s1. The van der Waals surface area contributed by atoms with Gasteiger partial charge in [0.2, 0.25) is 0 Å². The molecule has 0 bridgehead atoms. The molecule has 1 aromatic heterocycles. The van der Waals surface area contributed by atoms with Gasteiger partial charge in [0, 0.05) is 12.7 Å². The summed E-state index contributed by atoms with van der Waals surface area (Å²) in [5, 5.41) is 4.69. The lowest BCUT2D eigenvalue weighted by atomic mass is 10.0. The van der Waals surface area contributed by atoms with Gasteiger partial charge in [0.1, 0.15) is 6.04 Å². The van der Waals surface area contributed by atoms with Gasteiger partial charge < -0.3 is 4.74 Å². The molecule has 0 saturated carbocycles. The lowest BCUT2D eigenvalue weighted by Gasteiger charge is -2.33. The molecule has 0 amide bonds. The van der Waals surface area contributed by atoms with Crippen LogP contribution < -0.4 is 0 Å². The van der Waals surface area contributed by atoms with Gasteiger partial charge in [0.15, 0.2) is 0 Å². The Morgan fingerprint density at radius 1 is 1.43 bits per heavy atom. The summed E-state index contributed by atoms with van der Waals surface area (Å²) in [6.07, 6.45) is 7.36. The third kappa shape index (κ3) is 3.84. The molecule has 2 rings (SSSR count). The van der Waals surface area contributed by atoms with Crippen LogP contribution in [-0.2, 0) is 16.1 Å². The zero-order valence-corrected chi connectivity index (χ0v) is 13.4. The Bertz CT molecular complexity index is 454.